The summed E-state index contributed by atoms with van der Waals surface area (Å²) >= 11 is 0. The molecule has 7 aliphatic rings. The highest BCUT2D eigenvalue weighted by atomic mass is 16.7. The van der Waals surface area contributed by atoms with Crippen LogP contribution in [0.5, 0.6) is 11.5 Å². The Labute approximate surface area is 236 Å². The maximum absolute atomic E-state index is 13.8. The Hall–Kier alpha value is -3.43. The monoisotopic (exact) mass is 555 g/mol. The third kappa shape index (κ3) is 3.27. The fraction of sp³-hybridized carbons (Fsp3) is 0.531. The zero-order chi connectivity index (χ0) is 27.7. The highest BCUT2D eigenvalue weighted by Crippen LogP contribution is 2.56. The van der Waals surface area contributed by atoms with Crippen molar-refractivity contribution < 1.29 is 24.1 Å². The van der Waals surface area contributed by atoms with E-state index in [1.807, 2.05) is 12.1 Å². The van der Waals surface area contributed by atoms with Crippen molar-refractivity contribution in [3.8, 4) is 22.9 Å². The summed E-state index contributed by atoms with van der Waals surface area (Å²) in [6.07, 6.45) is 8.00. The van der Waals surface area contributed by atoms with Crippen LogP contribution in [-0.4, -0.2) is 33.0 Å². The van der Waals surface area contributed by atoms with E-state index in [-0.39, 0.29) is 30.9 Å². The molecule has 0 amide bonds. The van der Waals surface area contributed by atoms with Crippen LogP contribution in [0.25, 0.3) is 22.3 Å². The highest BCUT2D eigenvalue weighted by molar-refractivity contribution is 5.91. The van der Waals surface area contributed by atoms with E-state index in [9.17, 15) is 14.7 Å². The van der Waals surface area contributed by atoms with Gasteiger partial charge < -0.3 is 29.2 Å². The second-order valence-corrected chi connectivity index (χ2v) is 13.3. The minimum absolute atomic E-state index is 0.115. The Bertz CT molecular complexity index is 1710. The average molecular weight is 556 g/mol. The molecule has 4 fully saturated rings. The number of pyridine rings is 2. The number of carbonyl (C=O) groups excluding carboxylic acids is 1. The molecule has 2 N–H and O–H groups in total. The van der Waals surface area contributed by atoms with Gasteiger partial charge in [-0.05, 0) is 80.4 Å². The fourth-order valence-corrected chi connectivity index (χ4v) is 9.36. The van der Waals surface area contributed by atoms with Gasteiger partial charge in [0.05, 0.1) is 29.0 Å². The van der Waals surface area contributed by atoms with Gasteiger partial charge in [0.2, 0.25) is 6.79 Å². The van der Waals surface area contributed by atoms with Crippen LogP contribution in [0.1, 0.15) is 74.1 Å². The molecule has 1 aromatic carbocycles. The minimum atomic E-state index is -1.85. The quantitative estimate of drug-likeness (QED) is 0.365. The Morgan fingerprint density at radius 2 is 1.71 bits per heavy atom. The van der Waals surface area contributed by atoms with Gasteiger partial charge in [-0.1, -0.05) is 6.92 Å². The molecule has 212 valence electrons. The molecular weight excluding hydrogens is 522 g/mol. The smallest absolute Gasteiger partial charge is 0.343 e. The zero-order valence-electron chi connectivity index (χ0n) is 23.1. The summed E-state index contributed by atoms with van der Waals surface area (Å²) < 4.78 is 18.4. The third-order valence-corrected chi connectivity index (χ3v) is 11.0. The van der Waals surface area contributed by atoms with Crippen molar-refractivity contribution >= 4 is 16.9 Å². The van der Waals surface area contributed by atoms with Crippen molar-refractivity contribution in [3.05, 3.63) is 50.8 Å². The second kappa shape index (κ2) is 8.10. The molecule has 0 spiro atoms. The summed E-state index contributed by atoms with van der Waals surface area (Å²) in [4.78, 5) is 31.5. The molecule has 3 aromatic rings. The number of nitrogens with zero attached hydrogens (tertiary/aromatic N) is 2. The third-order valence-electron chi connectivity index (χ3n) is 11.0. The maximum Gasteiger partial charge on any atom is 0.343 e. The van der Waals surface area contributed by atoms with Crippen LogP contribution in [-0.2, 0) is 34.8 Å². The molecule has 9 nitrogen and oxygen atoms in total. The van der Waals surface area contributed by atoms with E-state index in [1.165, 1.54) is 38.5 Å². The minimum Gasteiger partial charge on any atom is -0.458 e. The number of aromatic nitrogens is 2. The summed E-state index contributed by atoms with van der Waals surface area (Å²) in [6.45, 7) is 2.82. The number of fused-ring (bicyclic) bond motifs is 6. The highest BCUT2D eigenvalue weighted by Gasteiger charge is 2.51. The van der Waals surface area contributed by atoms with E-state index in [0.29, 0.717) is 41.4 Å². The summed E-state index contributed by atoms with van der Waals surface area (Å²) in [5, 5.41) is 16.4. The van der Waals surface area contributed by atoms with Crippen molar-refractivity contribution in [1.29, 1.82) is 0 Å². The average Bonchev–Trinajstić information content (AvgIpc) is 3.56. The summed E-state index contributed by atoms with van der Waals surface area (Å²) in [5.74, 6) is 3.15. The lowest BCUT2D eigenvalue weighted by molar-refractivity contribution is -0.172. The number of cyclic esters (lactones) is 1. The number of nitrogens with one attached hydrogen (secondary N) is 1. The van der Waals surface area contributed by atoms with Gasteiger partial charge >= 0.3 is 5.97 Å². The molecule has 0 saturated heterocycles. The van der Waals surface area contributed by atoms with Gasteiger partial charge in [-0.25, -0.2) is 9.78 Å². The number of rotatable bonds is 4. The normalized spacial score (nSPS) is 31.8. The standard InChI is InChI=1S/C32H33N3O6/c1-2-32(38)23-7-25-28-21(13-35(25)29(36)22(23)14-39-30(32)37)20(19-6-26-27(41-15-40-26)8-24(19)34-28)12-33-31-9-16-3-17(10-31)5-18(4-16)11-31/h6-8,16-18,33,38H,2-5,9-15H2,1H3/t16?,17?,18?,31?,32-/m0/s1. The van der Waals surface area contributed by atoms with Crippen molar-refractivity contribution in [3.63, 3.8) is 0 Å². The van der Waals surface area contributed by atoms with Crippen molar-refractivity contribution in [2.75, 3.05) is 6.79 Å². The summed E-state index contributed by atoms with van der Waals surface area (Å²) in [5.41, 5.74) is 2.99. The van der Waals surface area contributed by atoms with Gasteiger partial charge in [-0.15, -0.1) is 0 Å². The molecule has 4 aliphatic carbocycles. The number of hydrogen-bond acceptors (Lipinski definition) is 8. The van der Waals surface area contributed by atoms with E-state index < -0.39 is 11.6 Å². The molecule has 10 rings (SSSR count). The molecule has 5 heterocycles. The van der Waals surface area contributed by atoms with E-state index in [1.54, 1.807) is 17.6 Å². The van der Waals surface area contributed by atoms with Crippen LogP contribution in [0.15, 0.2) is 23.0 Å². The van der Waals surface area contributed by atoms with Crippen LogP contribution in [0.4, 0.5) is 0 Å². The van der Waals surface area contributed by atoms with Crippen molar-refractivity contribution in [1.82, 2.24) is 14.9 Å². The fourth-order valence-electron chi connectivity index (χ4n) is 9.36. The molecule has 41 heavy (non-hydrogen) atoms. The van der Waals surface area contributed by atoms with Crippen LogP contribution in [0.2, 0.25) is 0 Å². The van der Waals surface area contributed by atoms with Gasteiger partial charge in [-0.3, -0.25) is 4.79 Å². The second-order valence-electron chi connectivity index (χ2n) is 13.3. The topological polar surface area (TPSA) is 112 Å². The van der Waals surface area contributed by atoms with Crippen LogP contribution >= 0.6 is 0 Å². The predicted molar refractivity (Wildman–Crippen MR) is 148 cm³/mol. The van der Waals surface area contributed by atoms with Crippen molar-refractivity contribution in [2.24, 2.45) is 17.8 Å². The first kappa shape index (κ1) is 24.2. The molecule has 4 bridgehead atoms. The lowest BCUT2D eigenvalue weighted by Crippen LogP contribution is -2.58. The zero-order valence-corrected chi connectivity index (χ0v) is 23.1. The van der Waals surface area contributed by atoms with E-state index in [4.69, 9.17) is 19.2 Å². The Morgan fingerprint density at radius 3 is 2.41 bits per heavy atom. The lowest BCUT2D eigenvalue weighted by Gasteiger charge is -2.57. The number of esters is 1. The largest absolute Gasteiger partial charge is 0.458 e. The van der Waals surface area contributed by atoms with Crippen molar-refractivity contribution in [2.45, 2.75) is 82.7 Å². The first-order valence-corrected chi connectivity index (χ1v) is 15.0. The van der Waals surface area contributed by atoms with Gasteiger partial charge in [0, 0.05) is 34.7 Å². The maximum atomic E-state index is 13.8. The van der Waals surface area contributed by atoms with E-state index in [2.05, 4.69) is 5.32 Å². The van der Waals surface area contributed by atoms with E-state index in [0.717, 1.165) is 45.5 Å². The first-order chi connectivity index (χ1) is 19.8. The number of benzene rings is 1. The SMILES string of the molecule is CC[C@@]1(O)C(=O)OCc2c1cc1n(c2=O)Cc2c-1nc1cc3c(cc1c2CNC12CC4CC(CC(C4)C1)C2)OCO3. The first-order valence-electron chi connectivity index (χ1n) is 15.0. The van der Waals surface area contributed by atoms with Gasteiger partial charge in [0.1, 0.15) is 6.61 Å². The molecular formula is C32H33N3O6. The van der Waals surface area contributed by atoms with Gasteiger partial charge in [0.25, 0.3) is 5.56 Å². The number of carbonyl (C=O) groups is 1. The lowest BCUT2D eigenvalue weighted by atomic mass is 9.53. The Morgan fingerprint density at radius 1 is 1.00 bits per heavy atom. The molecule has 3 aliphatic heterocycles. The predicted octanol–water partition coefficient (Wildman–Crippen LogP) is 3.87. The van der Waals surface area contributed by atoms with Crippen LogP contribution in [0.3, 0.4) is 0 Å². The number of hydrogen-bond donors (Lipinski definition) is 2. The Kier molecular flexibility index (Phi) is 4.78. The summed E-state index contributed by atoms with van der Waals surface area (Å²) in [7, 11) is 0. The molecule has 0 unspecified atom stereocenters. The number of ether oxygens (including phenoxy) is 3. The number of aliphatic hydroxyl groups is 1. The van der Waals surface area contributed by atoms with Crippen LogP contribution < -0.4 is 20.3 Å². The molecule has 1 atom stereocenters. The Balaban J connectivity index is 1.20. The van der Waals surface area contributed by atoms with Gasteiger partial charge in [0.15, 0.2) is 17.1 Å². The molecule has 9 heteroatoms. The molecule has 0 radical (unpaired) electrons. The molecule has 2 aromatic heterocycles. The van der Waals surface area contributed by atoms with E-state index >= 15 is 0 Å². The van der Waals surface area contributed by atoms with Gasteiger partial charge in [-0.2, -0.15) is 0 Å². The van der Waals surface area contributed by atoms with Crippen LogP contribution in [0, 0.1) is 17.8 Å². The summed E-state index contributed by atoms with van der Waals surface area (Å²) in [6, 6.07) is 5.74. The molecule has 4 saturated carbocycles.